The fraction of sp³-hybridized carbons (Fsp3) is 0.818. The van der Waals surface area contributed by atoms with Crippen LogP contribution in [0.1, 0.15) is 40.0 Å². The van der Waals surface area contributed by atoms with Gasteiger partial charge in [0, 0.05) is 20.6 Å². The van der Waals surface area contributed by atoms with Crippen molar-refractivity contribution in [1.82, 2.24) is 0 Å². The lowest BCUT2D eigenvalue weighted by molar-refractivity contribution is -0.196. The third-order valence-corrected chi connectivity index (χ3v) is 2.51. The maximum atomic E-state index is 5.25. The predicted octanol–water partition coefficient (Wildman–Crippen LogP) is 3.13. The summed E-state index contributed by atoms with van der Waals surface area (Å²) in [5.74, 6) is -0.426. The van der Waals surface area contributed by atoms with E-state index in [9.17, 15) is 0 Å². The Labute approximate surface area is 81.9 Å². The molecule has 13 heavy (non-hydrogen) atoms. The lowest BCUT2D eigenvalue weighted by Gasteiger charge is -2.25. The Bertz CT molecular complexity index is 157. The van der Waals surface area contributed by atoms with Crippen LogP contribution in [0.2, 0.25) is 0 Å². The zero-order chi connectivity index (χ0) is 10.3. The zero-order valence-electron chi connectivity index (χ0n) is 9.52. The lowest BCUT2D eigenvalue weighted by Crippen LogP contribution is -2.29. The molecule has 0 aliphatic carbocycles. The van der Waals surface area contributed by atoms with Crippen molar-refractivity contribution in [1.29, 1.82) is 0 Å². The van der Waals surface area contributed by atoms with E-state index in [1.807, 2.05) is 6.92 Å². The predicted molar refractivity (Wildman–Crippen MR) is 55.7 cm³/mol. The van der Waals surface area contributed by atoms with Crippen LogP contribution in [-0.2, 0) is 9.47 Å². The summed E-state index contributed by atoms with van der Waals surface area (Å²) in [5.41, 5.74) is 1.43. The van der Waals surface area contributed by atoms with Gasteiger partial charge in [-0.25, -0.2) is 0 Å². The van der Waals surface area contributed by atoms with Gasteiger partial charge in [-0.1, -0.05) is 18.6 Å². The smallest absolute Gasteiger partial charge is 0.165 e. The lowest BCUT2D eigenvalue weighted by atomic mass is 10.1. The van der Waals surface area contributed by atoms with E-state index in [-0.39, 0.29) is 0 Å². The quantitative estimate of drug-likeness (QED) is 0.468. The average Bonchev–Trinajstić information content (AvgIpc) is 2.17. The number of allylic oxidation sites excluding steroid dienone is 2. The molecule has 0 heterocycles. The van der Waals surface area contributed by atoms with Crippen LogP contribution < -0.4 is 0 Å². The van der Waals surface area contributed by atoms with Gasteiger partial charge < -0.3 is 9.47 Å². The van der Waals surface area contributed by atoms with Crippen molar-refractivity contribution in [2.45, 2.75) is 45.8 Å². The number of hydrogen-bond acceptors (Lipinski definition) is 2. The third-order valence-electron chi connectivity index (χ3n) is 2.51. The van der Waals surface area contributed by atoms with Crippen molar-refractivity contribution in [2.75, 3.05) is 14.2 Å². The number of hydrogen-bond donors (Lipinski definition) is 0. The van der Waals surface area contributed by atoms with E-state index in [1.54, 1.807) is 14.2 Å². The summed E-state index contributed by atoms with van der Waals surface area (Å²) in [5, 5.41) is 0. The Morgan fingerprint density at radius 1 is 1.31 bits per heavy atom. The van der Waals surface area contributed by atoms with Crippen LogP contribution in [0.4, 0.5) is 0 Å². The molecule has 0 unspecified atom stereocenters. The van der Waals surface area contributed by atoms with Gasteiger partial charge in [-0.15, -0.1) is 0 Å². The van der Waals surface area contributed by atoms with Crippen LogP contribution in [0, 0.1) is 0 Å². The fourth-order valence-electron chi connectivity index (χ4n) is 1.01. The Balaban J connectivity index is 3.86. The van der Waals surface area contributed by atoms with E-state index in [1.165, 1.54) is 5.57 Å². The second kappa shape index (κ2) is 6.17. The summed E-state index contributed by atoms with van der Waals surface area (Å²) in [4.78, 5) is 0. The fourth-order valence-corrected chi connectivity index (χ4v) is 1.01. The van der Waals surface area contributed by atoms with Gasteiger partial charge in [-0.2, -0.15) is 0 Å². The van der Waals surface area contributed by atoms with Crippen molar-refractivity contribution >= 4 is 0 Å². The van der Waals surface area contributed by atoms with Gasteiger partial charge in [0.25, 0.3) is 0 Å². The van der Waals surface area contributed by atoms with Crippen molar-refractivity contribution in [3.63, 3.8) is 0 Å². The van der Waals surface area contributed by atoms with Gasteiger partial charge in [0.05, 0.1) is 0 Å². The first-order valence-electron chi connectivity index (χ1n) is 4.84. The highest BCUT2D eigenvalue weighted by Crippen LogP contribution is 2.18. The largest absolute Gasteiger partial charge is 0.353 e. The molecule has 0 spiro atoms. The number of rotatable bonds is 6. The summed E-state index contributed by atoms with van der Waals surface area (Å²) in [7, 11) is 3.36. The molecule has 0 aliphatic heterocycles. The summed E-state index contributed by atoms with van der Waals surface area (Å²) in [6.07, 6.45) is 5.28. The van der Waals surface area contributed by atoms with Crippen LogP contribution in [0.3, 0.4) is 0 Å². The van der Waals surface area contributed by atoms with Crippen LogP contribution in [0.25, 0.3) is 0 Å². The second-order valence-electron chi connectivity index (χ2n) is 3.48. The average molecular weight is 186 g/mol. The first kappa shape index (κ1) is 12.7. The molecule has 0 bridgehead atoms. The van der Waals surface area contributed by atoms with Gasteiger partial charge in [-0.3, -0.25) is 0 Å². The summed E-state index contributed by atoms with van der Waals surface area (Å²) < 4.78 is 10.5. The highest BCUT2D eigenvalue weighted by molar-refractivity contribution is 4.96. The molecule has 0 fully saturated rings. The maximum absolute atomic E-state index is 5.25. The molecule has 0 N–H and O–H groups in total. The van der Waals surface area contributed by atoms with E-state index in [4.69, 9.17) is 9.47 Å². The van der Waals surface area contributed by atoms with E-state index in [0.717, 1.165) is 19.3 Å². The second-order valence-corrected chi connectivity index (χ2v) is 3.48. The minimum atomic E-state index is -0.426. The van der Waals surface area contributed by atoms with Crippen LogP contribution in [0.5, 0.6) is 0 Å². The highest BCUT2D eigenvalue weighted by Gasteiger charge is 2.20. The van der Waals surface area contributed by atoms with Crippen LogP contribution in [-0.4, -0.2) is 20.0 Å². The van der Waals surface area contributed by atoms with E-state index < -0.39 is 5.79 Å². The number of ether oxygens (including phenoxy) is 2. The van der Waals surface area contributed by atoms with E-state index in [2.05, 4.69) is 19.9 Å². The van der Waals surface area contributed by atoms with Crippen LogP contribution >= 0.6 is 0 Å². The first-order valence-corrected chi connectivity index (χ1v) is 4.84. The molecular formula is C11H22O2. The minimum absolute atomic E-state index is 0.426. The standard InChI is InChI=1S/C11H22O2/c1-6-10(2)8-7-9-11(3,12-4)13-5/h8H,6-7,9H2,1-5H3. The van der Waals surface area contributed by atoms with Gasteiger partial charge in [-0.05, 0) is 26.7 Å². The normalized spacial score (nSPS) is 13.5. The van der Waals surface area contributed by atoms with Gasteiger partial charge in [0.1, 0.15) is 0 Å². The molecule has 2 nitrogen and oxygen atoms in total. The third kappa shape index (κ3) is 5.06. The van der Waals surface area contributed by atoms with Crippen molar-refractivity contribution in [3.8, 4) is 0 Å². The maximum Gasteiger partial charge on any atom is 0.165 e. The number of methoxy groups -OCH3 is 2. The summed E-state index contributed by atoms with van der Waals surface area (Å²) in [6.45, 7) is 6.27. The summed E-state index contributed by atoms with van der Waals surface area (Å²) in [6, 6.07) is 0. The zero-order valence-corrected chi connectivity index (χ0v) is 9.52. The van der Waals surface area contributed by atoms with Crippen LogP contribution in [0.15, 0.2) is 11.6 Å². The van der Waals surface area contributed by atoms with Crippen molar-refractivity contribution < 1.29 is 9.47 Å². The molecule has 0 aromatic carbocycles. The van der Waals surface area contributed by atoms with E-state index >= 15 is 0 Å². The highest BCUT2D eigenvalue weighted by atomic mass is 16.7. The Kier molecular flexibility index (Phi) is 6.00. The van der Waals surface area contributed by atoms with Gasteiger partial charge in [0.2, 0.25) is 0 Å². The molecule has 0 saturated heterocycles. The molecular weight excluding hydrogens is 164 g/mol. The van der Waals surface area contributed by atoms with Gasteiger partial charge in [0.15, 0.2) is 5.79 Å². The molecule has 78 valence electrons. The molecule has 2 heteroatoms. The molecule has 0 aromatic rings. The van der Waals surface area contributed by atoms with Crippen molar-refractivity contribution in [3.05, 3.63) is 11.6 Å². The molecule has 0 atom stereocenters. The SMILES string of the molecule is CCC(C)=CCCC(C)(OC)OC. The Morgan fingerprint density at radius 3 is 2.23 bits per heavy atom. The molecule has 0 amide bonds. The molecule has 0 radical (unpaired) electrons. The monoisotopic (exact) mass is 186 g/mol. The first-order chi connectivity index (χ1) is 6.08. The molecule has 0 aliphatic rings. The van der Waals surface area contributed by atoms with E-state index in [0.29, 0.717) is 0 Å². The Morgan fingerprint density at radius 2 is 1.85 bits per heavy atom. The topological polar surface area (TPSA) is 18.5 Å². The minimum Gasteiger partial charge on any atom is -0.353 e. The van der Waals surface area contributed by atoms with Crippen molar-refractivity contribution in [2.24, 2.45) is 0 Å². The molecule has 0 saturated carbocycles. The summed E-state index contributed by atoms with van der Waals surface area (Å²) >= 11 is 0. The van der Waals surface area contributed by atoms with Gasteiger partial charge >= 0.3 is 0 Å². The molecule has 0 rings (SSSR count). The Hall–Kier alpha value is -0.340. The molecule has 0 aromatic heterocycles.